The van der Waals surface area contributed by atoms with Gasteiger partial charge in [-0.05, 0) is 68.8 Å². The zero-order valence-corrected chi connectivity index (χ0v) is 19.5. The third-order valence-electron chi connectivity index (χ3n) is 5.65. The number of hydrogen-bond acceptors (Lipinski definition) is 5. The molecule has 3 aromatic carbocycles. The van der Waals surface area contributed by atoms with Crippen LogP contribution in [0.2, 0.25) is 5.02 Å². The topological polar surface area (TPSA) is 55.8 Å². The number of halogens is 1. The molecule has 0 saturated heterocycles. The molecule has 33 heavy (non-hydrogen) atoms. The number of nitrogens with zero attached hydrogens (tertiary/aromatic N) is 1. The Hall–Kier alpha value is -3.57. The maximum atomic E-state index is 12.9. The van der Waals surface area contributed by atoms with Crippen LogP contribution in [0, 0.1) is 6.92 Å². The Labute approximate surface area is 198 Å². The summed E-state index contributed by atoms with van der Waals surface area (Å²) in [5.41, 5.74) is 3.28. The Bertz CT molecular complexity index is 1240. The fourth-order valence-corrected chi connectivity index (χ4v) is 3.99. The number of Topliss-reactive ketones (excluding diaryl/α,β-unsaturated/α-hetero) is 1. The van der Waals surface area contributed by atoms with Crippen molar-refractivity contribution in [3.8, 4) is 11.5 Å². The number of esters is 1. The van der Waals surface area contributed by atoms with E-state index in [0.717, 1.165) is 24.3 Å². The number of carbonyl (C=O) groups excluding carboxylic acids is 2. The van der Waals surface area contributed by atoms with Crippen LogP contribution in [0.1, 0.15) is 45.7 Å². The van der Waals surface area contributed by atoms with Crippen LogP contribution in [0.5, 0.6) is 11.5 Å². The lowest BCUT2D eigenvalue weighted by Crippen LogP contribution is -2.21. The number of carbonyl (C=O) groups is 2. The summed E-state index contributed by atoms with van der Waals surface area (Å²) in [6.45, 7) is 7.84. The van der Waals surface area contributed by atoms with Gasteiger partial charge in [0, 0.05) is 24.3 Å². The van der Waals surface area contributed by atoms with Crippen molar-refractivity contribution in [1.29, 1.82) is 0 Å². The van der Waals surface area contributed by atoms with Crippen molar-refractivity contribution in [3.63, 3.8) is 0 Å². The van der Waals surface area contributed by atoms with Gasteiger partial charge in [0.2, 0.25) is 5.78 Å². The van der Waals surface area contributed by atoms with Crippen molar-refractivity contribution in [2.45, 2.75) is 20.8 Å². The monoisotopic (exact) mass is 461 g/mol. The van der Waals surface area contributed by atoms with Crippen molar-refractivity contribution < 1.29 is 19.1 Å². The molecule has 1 aliphatic rings. The van der Waals surface area contributed by atoms with E-state index >= 15 is 0 Å². The number of hydrogen-bond donors (Lipinski definition) is 0. The van der Waals surface area contributed by atoms with Gasteiger partial charge in [0.1, 0.15) is 11.5 Å². The van der Waals surface area contributed by atoms with E-state index in [1.807, 2.05) is 24.3 Å². The maximum absolute atomic E-state index is 12.9. The average molecular weight is 462 g/mol. The van der Waals surface area contributed by atoms with Crippen LogP contribution in [0.15, 0.2) is 66.4 Å². The highest BCUT2D eigenvalue weighted by Crippen LogP contribution is 2.39. The molecule has 0 bridgehead atoms. The molecule has 3 aromatic rings. The molecule has 5 nitrogen and oxygen atoms in total. The molecule has 0 unspecified atom stereocenters. The number of benzene rings is 3. The van der Waals surface area contributed by atoms with E-state index in [1.165, 1.54) is 0 Å². The van der Waals surface area contributed by atoms with Gasteiger partial charge in [0.25, 0.3) is 0 Å². The summed E-state index contributed by atoms with van der Waals surface area (Å²) >= 11 is 6.10. The first-order chi connectivity index (χ1) is 15.9. The number of ketones is 1. The first kappa shape index (κ1) is 22.6. The van der Waals surface area contributed by atoms with Gasteiger partial charge >= 0.3 is 5.97 Å². The van der Waals surface area contributed by atoms with Crippen LogP contribution >= 0.6 is 11.6 Å². The molecule has 0 spiro atoms. The molecule has 6 heteroatoms. The summed E-state index contributed by atoms with van der Waals surface area (Å²) in [5.74, 6) is 0.173. The number of fused-ring (bicyclic) bond motifs is 1. The molecule has 0 aromatic heterocycles. The number of rotatable bonds is 6. The Kier molecular flexibility index (Phi) is 6.52. The Balaban J connectivity index is 1.56. The van der Waals surface area contributed by atoms with E-state index in [9.17, 15) is 9.59 Å². The minimum atomic E-state index is -0.572. The molecule has 0 N–H and O–H groups in total. The summed E-state index contributed by atoms with van der Waals surface area (Å²) < 4.78 is 11.5. The lowest BCUT2D eigenvalue weighted by atomic mass is 10.1. The van der Waals surface area contributed by atoms with Gasteiger partial charge in [-0.25, -0.2) is 4.79 Å². The largest absolute Gasteiger partial charge is 0.452 e. The molecule has 0 radical (unpaired) electrons. The zero-order chi connectivity index (χ0) is 23.5. The van der Waals surface area contributed by atoms with Gasteiger partial charge in [-0.2, -0.15) is 0 Å². The first-order valence-electron chi connectivity index (χ1n) is 10.8. The van der Waals surface area contributed by atoms with Gasteiger partial charge in [-0.3, -0.25) is 4.79 Å². The third-order valence-corrected chi connectivity index (χ3v) is 5.98. The van der Waals surface area contributed by atoms with E-state index in [0.29, 0.717) is 27.6 Å². The normalized spacial score (nSPS) is 13.6. The first-order valence-corrected chi connectivity index (χ1v) is 11.2. The predicted molar refractivity (Wildman–Crippen MR) is 131 cm³/mol. The molecule has 0 saturated carbocycles. The highest BCUT2D eigenvalue weighted by Gasteiger charge is 2.30. The Morgan fingerprint density at radius 2 is 1.73 bits per heavy atom. The van der Waals surface area contributed by atoms with Crippen LogP contribution < -0.4 is 14.4 Å². The molecule has 1 aliphatic heterocycles. The number of allylic oxidation sites excluding steroid dienone is 1. The standard InChI is InChI=1S/C27H24ClNO4/c1-4-29(5-2)19-12-10-18(11-13-19)16-24-25(30)21-14-15-23(17(3)26(21)32-24)33-27(31)20-8-6-7-9-22(20)28/h6-16H,4-5H2,1-3H3/b24-16-. The second-order valence-corrected chi connectivity index (χ2v) is 8.05. The van der Waals surface area contributed by atoms with E-state index in [-0.39, 0.29) is 17.1 Å². The second-order valence-electron chi connectivity index (χ2n) is 7.64. The molecule has 0 amide bonds. The fourth-order valence-electron chi connectivity index (χ4n) is 3.78. The summed E-state index contributed by atoms with van der Waals surface area (Å²) in [4.78, 5) is 27.7. The van der Waals surface area contributed by atoms with Crippen LogP contribution in [-0.2, 0) is 0 Å². The Morgan fingerprint density at radius 1 is 1.03 bits per heavy atom. The van der Waals surface area contributed by atoms with Gasteiger partial charge in [-0.15, -0.1) is 0 Å². The quantitative estimate of drug-likeness (QED) is 0.244. The SMILES string of the molecule is CCN(CC)c1ccc(/C=C2\Oc3c(ccc(OC(=O)c4ccccc4Cl)c3C)C2=O)cc1. The third kappa shape index (κ3) is 4.50. The summed E-state index contributed by atoms with van der Waals surface area (Å²) in [6.07, 6.45) is 1.73. The lowest BCUT2D eigenvalue weighted by molar-refractivity contribution is 0.0733. The smallest absolute Gasteiger partial charge is 0.345 e. The average Bonchev–Trinajstić information content (AvgIpc) is 3.14. The highest BCUT2D eigenvalue weighted by atomic mass is 35.5. The van der Waals surface area contributed by atoms with Crippen LogP contribution in [-0.4, -0.2) is 24.8 Å². The zero-order valence-electron chi connectivity index (χ0n) is 18.7. The van der Waals surface area contributed by atoms with E-state index < -0.39 is 5.97 Å². The molecule has 4 rings (SSSR count). The molecule has 0 fully saturated rings. The van der Waals surface area contributed by atoms with Crippen molar-refractivity contribution in [3.05, 3.63) is 93.7 Å². The van der Waals surface area contributed by atoms with Crippen molar-refractivity contribution in [2.24, 2.45) is 0 Å². The maximum Gasteiger partial charge on any atom is 0.345 e. The van der Waals surface area contributed by atoms with Crippen LogP contribution in [0.3, 0.4) is 0 Å². The number of ether oxygens (including phenoxy) is 2. The van der Waals surface area contributed by atoms with Crippen molar-refractivity contribution in [1.82, 2.24) is 0 Å². The van der Waals surface area contributed by atoms with E-state index in [2.05, 4.69) is 18.7 Å². The summed E-state index contributed by atoms with van der Waals surface area (Å²) in [5, 5.41) is 0.310. The minimum Gasteiger partial charge on any atom is -0.452 e. The number of anilines is 1. The molecule has 168 valence electrons. The van der Waals surface area contributed by atoms with Gasteiger partial charge < -0.3 is 14.4 Å². The molecule has 0 atom stereocenters. The van der Waals surface area contributed by atoms with Gasteiger partial charge in [0.15, 0.2) is 5.76 Å². The lowest BCUT2D eigenvalue weighted by Gasteiger charge is -2.20. The minimum absolute atomic E-state index is 0.204. The van der Waals surface area contributed by atoms with Gasteiger partial charge in [-0.1, -0.05) is 35.9 Å². The highest BCUT2D eigenvalue weighted by molar-refractivity contribution is 6.33. The fraction of sp³-hybridized carbons (Fsp3) is 0.185. The van der Waals surface area contributed by atoms with Crippen molar-refractivity contribution >= 4 is 35.1 Å². The van der Waals surface area contributed by atoms with Gasteiger partial charge in [0.05, 0.1) is 16.1 Å². The molecule has 1 heterocycles. The summed E-state index contributed by atoms with van der Waals surface area (Å²) in [7, 11) is 0. The van der Waals surface area contributed by atoms with Crippen LogP contribution in [0.4, 0.5) is 5.69 Å². The molecular formula is C27H24ClNO4. The van der Waals surface area contributed by atoms with E-state index in [4.69, 9.17) is 21.1 Å². The Morgan fingerprint density at radius 3 is 2.39 bits per heavy atom. The molecular weight excluding hydrogens is 438 g/mol. The molecule has 0 aliphatic carbocycles. The predicted octanol–water partition coefficient (Wildman–Crippen LogP) is 6.33. The van der Waals surface area contributed by atoms with Crippen molar-refractivity contribution in [2.75, 3.05) is 18.0 Å². The summed E-state index contributed by atoms with van der Waals surface area (Å²) in [6, 6.07) is 17.9. The second kappa shape index (κ2) is 9.51. The van der Waals surface area contributed by atoms with Crippen LogP contribution in [0.25, 0.3) is 6.08 Å². The van der Waals surface area contributed by atoms with E-state index in [1.54, 1.807) is 49.4 Å².